The molecule has 15 heavy (non-hydrogen) atoms. The first kappa shape index (κ1) is 10.7. The van der Waals surface area contributed by atoms with Crippen molar-refractivity contribution < 1.29 is 9.94 Å². The van der Waals surface area contributed by atoms with Crippen molar-refractivity contribution in [3.05, 3.63) is 22.4 Å². The van der Waals surface area contributed by atoms with Gasteiger partial charge in [-0.15, -0.1) is 0 Å². The van der Waals surface area contributed by atoms with Gasteiger partial charge >= 0.3 is 0 Å². The van der Waals surface area contributed by atoms with Gasteiger partial charge < -0.3 is 4.90 Å². The van der Waals surface area contributed by atoms with Crippen molar-refractivity contribution >= 4 is 21.6 Å². The Morgan fingerprint density at radius 2 is 2.00 bits per heavy atom. The molecule has 1 N–H and O–H groups in total. The zero-order chi connectivity index (χ0) is 10.8. The third kappa shape index (κ3) is 2.25. The smallest absolute Gasteiger partial charge is 0.238 e. The zero-order valence-electron chi connectivity index (χ0n) is 8.91. The first-order valence-electron chi connectivity index (χ1n) is 5.34. The molecule has 1 fully saturated rings. The van der Waals surface area contributed by atoms with Crippen LogP contribution in [0.3, 0.4) is 0 Å². The molecule has 0 spiro atoms. The van der Waals surface area contributed by atoms with E-state index in [9.17, 15) is 5.21 Å². The largest absolute Gasteiger partial charge is 0.370 e. The number of aromatic nitrogens is 1. The standard InChI is InChI=1S/C11H16BrN2O/c1-9-7-11(10(12)8-14(9)15)13-5-3-2-4-6-13/h7-8,15H,2-6H2,1H3/q+1. The summed E-state index contributed by atoms with van der Waals surface area (Å²) >= 11 is 3.49. The Balaban J connectivity index is 2.30. The van der Waals surface area contributed by atoms with Crippen molar-refractivity contribution in [2.45, 2.75) is 26.2 Å². The van der Waals surface area contributed by atoms with Gasteiger partial charge in [0.05, 0.1) is 5.69 Å². The van der Waals surface area contributed by atoms with Crippen molar-refractivity contribution in [1.29, 1.82) is 0 Å². The molecule has 1 saturated heterocycles. The van der Waals surface area contributed by atoms with E-state index in [4.69, 9.17) is 0 Å². The number of nitrogens with zero attached hydrogens (tertiary/aromatic N) is 2. The number of piperidine rings is 1. The van der Waals surface area contributed by atoms with Crippen LogP contribution in [0.25, 0.3) is 0 Å². The van der Waals surface area contributed by atoms with Crippen LogP contribution in [0.4, 0.5) is 5.69 Å². The summed E-state index contributed by atoms with van der Waals surface area (Å²) in [6, 6.07) is 2.02. The van der Waals surface area contributed by atoms with Crippen LogP contribution in [0.15, 0.2) is 16.7 Å². The van der Waals surface area contributed by atoms with Crippen molar-refractivity contribution in [3.63, 3.8) is 0 Å². The number of hydrogen-bond donors (Lipinski definition) is 1. The van der Waals surface area contributed by atoms with Gasteiger partial charge in [0.25, 0.3) is 0 Å². The molecule has 0 aliphatic carbocycles. The van der Waals surface area contributed by atoms with Crippen LogP contribution in [0.2, 0.25) is 0 Å². The second-order valence-electron chi connectivity index (χ2n) is 4.04. The van der Waals surface area contributed by atoms with Gasteiger partial charge in [0.2, 0.25) is 11.9 Å². The molecule has 0 saturated carbocycles. The summed E-state index contributed by atoms with van der Waals surface area (Å²) in [5, 5.41) is 9.49. The van der Waals surface area contributed by atoms with E-state index in [-0.39, 0.29) is 0 Å². The van der Waals surface area contributed by atoms with Gasteiger partial charge in [-0.1, -0.05) is 0 Å². The van der Waals surface area contributed by atoms with Crippen LogP contribution in [0.1, 0.15) is 25.0 Å². The van der Waals surface area contributed by atoms with Crippen LogP contribution in [0.5, 0.6) is 0 Å². The maximum Gasteiger partial charge on any atom is 0.238 e. The number of aryl methyl sites for hydroxylation is 1. The lowest BCUT2D eigenvalue weighted by Gasteiger charge is -2.29. The Bertz CT molecular complexity index is 362. The minimum absolute atomic E-state index is 0.860. The van der Waals surface area contributed by atoms with E-state index >= 15 is 0 Å². The molecular formula is C11H16BrN2O+. The van der Waals surface area contributed by atoms with Gasteiger partial charge in [0.1, 0.15) is 4.47 Å². The average Bonchev–Trinajstić information content (AvgIpc) is 2.25. The molecule has 0 aromatic carbocycles. The summed E-state index contributed by atoms with van der Waals surface area (Å²) in [5.74, 6) is 0. The molecular weight excluding hydrogens is 256 g/mol. The Morgan fingerprint density at radius 3 is 2.67 bits per heavy atom. The van der Waals surface area contributed by atoms with Gasteiger partial charge in [-0.05, 0) is 35.2 Å². The summed E-state index contributed by atoms with van der Waals surface area (Å²) in [4.78, 5) is 2.38. The van der Waals surface area contributed by atoms with E-state index in [2.05, 4.69) is 20.8 Å². The molecule has 1 aromatic heterocycles. The van der Waals surface area contributed by atoms with Crippen LogP contribution in [-0.2, 0) is 0 Å². The fourth-order valence-electron chi connectivity index (χ4n) is 1.99. The van der Waals surface area contributed by atoms with Crippen molar-refractivity contribution in [3.8, 4) is 0 Å². The lowest BCUT2D eigenvalue weighted by molar-refractivity contribution is -0.909. The second kappa shape index (κ2) is 4.39. The van der Waals surface area contributed by atoms with Gasteiger partial charge in [0, 0.05) is 30.8 Å². The highest BCUT2D eigenvalue weighted by atomic mass is 79.9. The number of halogens is 1. The first-order chi connectivity index (χ1) is 7.18. The third-order valence-electron chi connectivity index (χ3n) is 2.88. The predicted octanol–water partition coefficient (Wildman–Crippen LogP) is 2.27. The summed E-state index contributed by atoms with van der Waals surface area (Å²) in [6.07, 6.45) is 5.57. The zero-order valence-corrected chi connectivity index (χ0v) is 10.5. The van der Waals surface area contributed by atoms with E-state index in [1.54, 1.807) is 6.20 Å². The molecule has 0 amide bonds. The SMILES string of the molecule is Cc1cc(N2CCCCC2)c(Br)c[n+]1O. The highest BCUT2D eigenvalue weighted by molar-refractivity contribution is 9.10. The Labute approximate surface area is 98.4 Å². The molecule has 1 aliphatic rings. The van der Waals surface area contributed by atoms with Crippen LogP contribution < -0.4 is 9.63 Å². The molecule has 2 heterocycles. The maximum absolute atomic E-state index is 9.49. The Kier molecular flexibility index (Phi) is 3.14. The molecule has 0 unspecified atom stereocenters. The number of anilines is 1. The van der Waals surface area contributed by atoms with E-state index < -0.39 is 0 Å². The summed E-state index contributed by atoms with van der Waals surface area (Å²) in [5.41, 5.74) is 2.05. The topological polar surface area (TPSA) is 27.4 Å². The van der Waals surface area contributed by atoms with E-state index in [1.807, 2.05) is 13.0 Å². The molecule has 0 bridgehead atoms. The lowest BCUT2D eigenvalue weighted by Crippen LogP contribution is -2.36. The van der Waals surface area contributed by atoms with Crippen molar-refractivity contribution in [2.75, 3.05) is 18.0 Å². The van der Waals surface area contributed by atoms with E-state index in [0.29, 0.717) is 0 Å². The summed E-state index contributed by atoms with van der Waals surface area (Å²) in [6.45, 7) is 4.14. The quantitative estimate of drug-likeness (QED) is 0.627. The van der Waals surface area contributed by atoms with Gasteiger partial charge in [-0.2, -0.15) is 0 Å². The summed E-state index contributed by atoms with van der Waals surface area (Å²) < 4.78 is 2.11. The van der Waals surface area contributed by atoms with E-state index in [1.165, 1.54) is 24.9 Å². The first-order valence-corrected chi connectivity index (χ1v) is 6.14. The van der Waals surface area contributed by atoms with Crippen LogP contribution in [-0.4, -0.2) is 18.3 Å². The molecule has 1 aromatic rings. The summed E-state index contributed by atoms with van der Waals surface area (Å²) in [7, 11) is 0. The van der Waals surface area contributed by atoms with Crippen molar-refractivity contribution in [2.24, 2.45) is 0 Å². The predicted molar refractivity (Wildman–Crippen MR) is 62.3 cm³/mol. The molecule has 2 rings (SSSR count). The van der Waals surface area contributed by atoms with E-state index in [0.717, 1.165) is 28.0 Å². The Hall–Kier alpha value is -0.770. The monoisotopic (exact) mass is 271 g/mol. The number of hydrogen-bond acceptors (Lipinski definition) is 2. The second-order valence-corrected chi connectivity index (χ2v) is 4.89. The van der Waals surface area contributed by atoms with Gasteiger partial charge in [-0.3, -0.25) is 5.21 Å². The maximum atomic E-state index is 9.49. The number of pyridine rings is 1. The lowest BCUT2D eigenvalue weighted by atomic mass is 10.1. The molecule has 0 radical (unpaired) electrons. The van der Waals surface area contributed by atoms with Crippen LogP contribution in [0, 0.1) is 6.92 Å². The molecule has 0 atom stereocenters. The molecule has 4 heteroatoms. The molecule has 82 valence electrons. The number of rotatable bonds is 1. The minimum Gasteiger partial charge on any atom is -0.370 e. The fraction of sp³-hybridized carbons (Fsp3) is 0.545. The highest BCUT2D eigenvalue weighted by Gasteiger charge is 2.18. The third-order valence-corrected chi connectivity index (χ3v) is 3.50. The highest BCUT2D eigenvalue weighted by Crippen LogP contribution is 2.27. The van der Waals surface area contributed by atoms with Crippen LogP contribution >= 0.6 is 15.9 Å². The molecule has 1 aliphatic heterocycles. The minimum atomic E-state index is 0.860. The fourth-order valence-corrected chi connectivity index (χ4v) is 2.54. The normalized spacial score (nSPS) is 16.8. The molecule has 3 nitrogen and oxygen atoms in total. The van der Waals surface area contributed by atoms with Gasteiger partial charge in [0.15, 0.2) is 0 Å². The van der Waals surface area contributed by atoms with Crippen molar-refractivity contribution in [1.82, 2.24) is 0 Å². The van der Waals surface area contributed by atoms with Gasteiger partial charge in [-0.25, -0.2) is 0 Å². The average molecular weight is 272 g/mol. The Morgan fingerprint density at radius 1 is 1.33 bits per heavy atom.